The van der Waals surface area contributed by atoms with Crippen LogP contribution in [-0.2, 0) is 11.2 Å². The van der Waals surface area contributed by atoms with Gasteiger partial charge in [-0.05, 0) is 23.6 Å². The van der Waals surface area contributed by atoms with Crippen LogP contribution in [0.25, 0.3) is 20.1 Å². The molecule has 0 saturated heterocycles. The number of hydrogen-bond donors (Lipinski definition) is 1. The zero-order valence-electron chi connectivity index (χ0n) is 13.2. The van der Waals surface area contributed by atoms with Crippen LogP contribution < -0.4 is 10.1 Å². The number of rotatable bonds is 5. The van der Waals surface area contributed by atoms with Crippen molar-refractivity contribution in [1.29, 1.82) is 0 Å². The van der Waals surface area contributed by atoms with Crippen LogP contribution in [-0.4, -0.2) is 23.0 Å². The Morgan fingerprint density at radius 2 is 2.12 bits per heavy atom. The average Bonchev–Trinajstić information content (AvgIpc) is 3.33. The van der Waals surface area contributed by atoms with Gasteiger partial charge in [-0.25, -0.2) is 9.97 Å². The number of hydrogen-bond acceptors (Lipinski definition) is 7. The van der Waals surface area contributed by atoms with E-state index in [0.29, 0.717) is 10.9 Å². The van der Waals surface area contributed by atoms with Crippen LogP contribution in [0.1, 0.15) is 5.69 Å². The molecule has 4 aromatic rings. The van der Waals surface area contributed by atoms with Crippen LogP contribution in [0.15, 0.2) is 41.1 Å². The molecule has 8 heteroatoms. The summed E-state index contributed by atoms with van der Waals surface area (Å²) in [6.45, 7) is 0. The molecule has 126 valence electrons. The molecule has 3 aromatic heterocycles. The van der Waals surface area contributed by atoms with Crippen molar-refractivity contribution in [2.75, 3.05) is 12.4 Å². The Hall–Kier alpha value is -2.29. The number of benzene rings is 1. The maximum Gasteiger partial charge on any atom is 0.232 e. The van der Waals surface area contributed by atoms with Crippen molar-refractivity contribution < 1.29 is 9.53 Å². The van der Waals surface area contributed by atoms with Crippen molar-refractivity contribution >= 4 is 55.3 Å². The molecule has 0 bridgehead atoms. The zero-order valence-corrected chi connectivity index (χ0v) is 15.6. The minimum absolute atomic E-state index is 0.124. The van der Waals surface area contributed by atoms with Crippen LogP contribution in [0.5, 0.6) is 5.75 Å². The highest BCUT2D eigenvalue weighted by Gasteiger charge is 2.13. The summed E-state index contributed by atoms with van der Waals surface area (Å²) in [6, 6.07) is 9.75. The third kappa shape index (κ3) is 3.41. The largest absolute Gasteiger partial charge is 0.494 e. The van der Waals surface area contributed by atoms with Crippen molar-refractivity contribution in [3.8, 4) is 15.6 Å². The van der Waals surface area contributed by atoms with E-state index in [-0.39, 0.29) is 12.3 Å². The van der Waals surface area contributed by atoms with Crippen LogP contribution in [0, 0.1) is 0 Å². The lowest BCUT2D eigenvalue weighted by molar-refractivity contribution is -0.115. The molecule has 3 heterocycles. The van der Waals surface area contributed by atoms with Gasteiger partial charge in [0.25, 0.3) is 0 Å². The minimum Gasteiger partial charge on any atom is -0.494 e. The molecule has 25 heavy (non-hydrogen) atoms. The fourth-order valence-corrected chi connectivity index (χ4v) is 4.90. The third-order valence-electron chi connectivity index (χ3n) is 3.47. The number of aromatic nitrogens is 2. The highest BCUT2D eigenvalue weighted by molar-refractivity contribution is 7.22. The molecule has 1 aromatic carbocycles. The number of thiazole rings is 2. The van der Waals surface area contributed by atoms with Gasteiger partial charge in [0, 0.05) is 5.38 Å². The number of ether oxygens (including phenoxy) is 1. The quantitative estimate of drug-likeness (QED) is 0.540. The molecule has 0 aliphatic carbocycles. The van der Waals surface area contributed by atoms with Crippen molar-refractivity contribution in [2.24, 2.45) is 0 Å². The molecule has 0 unspecified atom stereocenters. The van der Waals surface area contributed by atoms with E-state index in [4.69, 9.17) is 4.74 Å². The van der Waals surface area contributed by atoms with Crippen LogP contribution in [0.4, 0.5) is 5.13 Å². The van der Waals surface area contributed by atoms with Crippen LogP contribution in [0.3, 0.4) is 0 Å². The molecule has 1 amide bonds. The first-order chi connectivity index (χ1) is 12.2. The number of carbonyl (C=O) groups excluding carboxylic acids is 1. The molecule has 0 spiro atoms. The Bertz CT molecular complexity index is 1020. The molecule has 0 aliphatic heterocycles. The maximum atomic E-state index is 12.3. The first-order valence-corrected chi connectivity index (χ1v) is 10.0. The van der Waals surface area contributed by atoms with Crippen LogP contribution >= 0.6 is 34.0 Å². The third-order valence-corrected chi connectivity index (χ3v) is 6.34. The van der Waals surface area contributed by atoms with Gasteiger partial charge in [0.05, 0.1) is 28.8 Å². The predicted octanol–water partition coefficient (Wildman–Crippen LogP) is 4.67. The number of nitrogens with zero attached hydrogens (tertiary/aromatic N) is 2. The molecule has 5 nitrogen and oxygen atoms in total. The second kappa shape index (κ2) is 6.91. The van der Waals surface area contributed by atoms with Crippen molar-refractivity contribution in [3.63, 3.8) is 0 Å². The second-order valence-electron chi connectivity index (χ2n) is 5.17. The number of thiophene rings is 1. The first kappa shape index (κ1) is 16.2. The summed E-state index contributed by atoms with van der Waals surface area (Å²) in [4.78, 5) is 22.4. The van der Waals surface area contributed by atoms with E-state index in [2.05, 4.69) is 15.3 Å². The lowest BCUT2D eigenvalue weighted by Gasteiger charge is -1.99. The van der Waals surface area contributed by atoms with Crippen LogP contribution in [0.2, 0.25) is 0 Å². The zero-order chi connectivity index (χ0) is 17.2. The fraction of sp³-hybridized carbons (Fsp3) is 0.118. The second-order valence-corrected chi connectivity index (χ2v) is 8.01. The Morgan fingerprint density at radius 1 is 1.20 bits per heavy atom. The van der Waals surface area contributed by atoms with E-state index in [1.54, 1.807) is 29.8 Å². The number of para-hydroxylation sites is 1. The molecule has 0 aliphatic rings. The smallest absolute Gasteiger partial charge is 0.232 e. The van der Waals surface area contributed by atoms with Gasteiger partial charge in [-0.3, -0.25) is 4.79 Å². The van der Waals surface area contributed by atoms with E-state index >= 15 is 0 Å². The van der Waals surface area contributed by atoms with Crippen molar-refractivity contribution in [3.05, 3.63) is 46.8 Å². The molecular formula is C17H13N3O2S3. The monoisotopic (exact) mass is 387 g/mol. The lowest BCUT2D eigenvalue weighted by atomic mass is 10.3. The summed E-state index contributed by atoms with van der Waals surface area (Å²) >= 11 is 4.63. The summed E-state index contributed by atoms with van der Waals surface area (Å²) in [6.07, 6.45) is 0.231. The van der Waals surface area contributed by atoms with E-state index in [1.165, 1.54) is 11.3 Å². The van der Waals surface area contributed by atoms with E-state index < -0.39 is 0 Å². The fourth-order valence-electron chi connectivity index (χ4n) is 2.37. The van der Waals surface area contributed by atoms with Crippen molar-refractivity contribution in [1.82, 2.24) is 9.97 Å². The Kier molecular flexibility index (Phi) is 4.48. The number of nitrogens with one attached hydrogen (secondary N) is 1. The average molecular weight is 388 g/mol. The number of amides is 1. The van der Waals surface area contributed by atoms with Gasteiger partial charge in [-0.1, -0.05) is 23.5 Å². The summed E-state index contributed by atoms with van der Waals surface area (Å²) in [5, 5.41) is 8.31. The van der Waals surface area contributed by atoms with E-state index in [9.17, 15) is 4.79 Å². The molecule has 0 saturated carbocycles. The first-order valence-electron chi connectivity index (χ1n) is 7.44. The summed E-state index contributed by atoms with van der Waals surface area (Å²) in [7, 11) is 1.61. The maximum absolute atomic E-state index is 12.3. The van der Waals surface area contributed by atoms with E-state index in [0.717, 1.165) is 25.8 Å². The van der Waals surface area contributed by atoms with Gasteiger partial charge < -0.3 is 10.1 Å². The van der Waals surface area contributed by atoms with Gasteiger partial charge in [-0.15, -0.1) is 22.7 Å². The molecule has 0 atom stereocenters. The van der Waals surface area contributed by atoms with E-state index in [1.807, 2.05) is 41.1 Å². The number of carbonyl (C=O) groups is 1. The highest BCUT2D eigenvalue weighted by Crippen LogP contribution is 2.32. The summed E-state index contributed by atoms with van der Waals surface area (Å²) < 4.78 is 6.28. The number of anilines is 1. The van der Waals surface area contributed by atoms with Gasteiger partial charge in [-0.2, -0.15) is 0 Å². The highest BCUT2D eigenvalue weighted by atomic mass is 32.1. The molecule has 4 rings (SSSR count). The van der Waals surface area contributed by atoms with Gasteiger partial charge >= 0.3 is 0 Å². The summed E-state index contributed by atoms with van der Waals surface area (Å²) in [5.41, 5.74) is 1.53. The Labute approximate surface area is 156 Å². The SMILES string of the molecule is COc1cccc2sc(NC(=O)Cc3csc(-c4cccs4)n3)nc12. The topological polar surface area (TPSA) is 64.1 Å². The Balaban J connectivity index is 1.47. The van der Waals surface area contributed by atoms with Gasteiger partial charge in [0.1, 0.15) is 16.3 Å². The minimum atomic E-state index is -0.124. The number of methoxy groups -OCH3 is 1. The standard InChI is InChI=1S/C17H13N3O2S3/c1-22-11-4-2-5-12-15(11)20-17(25-12)19-14(21)8-10-9-24-16(18-10)13-6-3-7-23-13/h2-7,9H,8H2,1H3,(H,19,20,21). The predicted molar refractivity (Wildman–Crippen MR) is 104 cm³/mol. The number of fused-ring (bicyclic) bond motifs is 1. The molecule has 0 fully saturated rings. The van der Waals surface area contributed by atoms with Crippen molar-refractivity contribution in [2.45, 2.75) is 6.42 Å². The van der Waals surface area contributed by atoms with Gasteiger partial charge in [0.15, 0.2) is 5.13 Å². The molecule has 1 N–H and O–H groups in total. The summed E-state index contributed by atoms with van der Waals surface area (Å²) in [5.74, 6) is 0.579. The molecule has 0 radical (unpaired) electrons. The molecular weight excluding hydrogens is 374 g/mol. The Morgan fingerprint density at radius 3 is 2.92 bits per heavy atom. The normalized spacial score (nSPS) is 10.9. The lowest BCUT2D eigenvalue weighted by Crippen LogP contribution is -2.14. The van der Waals surface area contributed by atoms with Gasteiger partial charge in [0.2, 0.25) is 5.91 Å².